The SMILES string of the molecule is NC(=O)C1OC(O)C(O)C(O)C1O. The van der Waals surface area contributed by atoms with Gasteiger partial charge < -0.3 is 30.9 Å². The molecule has 5 atom stereocenters. The number of nitrogens with two attached hydrogens (primary N) is 1. The van der Waals surface area contributed by atoms with Crippen LogP contribution in [-0.4, -0.2) is 57.0 Å². The third-order valence-corrected chi connectivity index (χ3v) is 1.87. The monoisotopic (exact) mass is 193 g/mol. The number of carbonyl (C=O) groups is 1. The summed E-state index contributed by atoms with van der Waals surface area (Å²) in [6, 6.07) is 0. The van der Waals surface area contributed by atoms with Crippen molar-refractivity contribution in [2.45, 2.75) is 30.7 Å². The second kappa shape index (κ2) is 3.56. The van der Waals surface area contributed by atoms with E-state index in [1.165, 1.54) is 0 Å². The smallest absolute Gasteiger partial charge is 0.249 e. The normalized spacial score (nSPS) is 46.0. The zero-order valence-corrected chi connectivity index (χ0v) is 6.57. The lowest BCUT2D eigenvalue weighted by Gasteiger charge is -2.36. The van der Waals surface area contributed by atoms with Crippen LogP contribution < -0.4 is 5.73 Å². The van der Waals surface area contributed by atoms with Gasteiger partial charge in [-0.25, -0.2) is 0 Å². The second-order valence-electron chi connectivity index (χ2n) is 2.82. The summed E-state index contributed by atoms with van der Waals surface area (Å²) in [5, 5.41) is 36.2. The van der Waals surface area contributed by atoms with E-state index in [0.717, 1.165) is 0 Å². The molecule has 0 aromatic rings. The number of carbonyl (C=O) groups excluding carboxylic acids is 1. The Morgan fingerprint density at radius 1 is 1.08 bits per heavy atom. The van der Waals surface area contributed by atoms with Crippen LogP contribution >= 0.6 is 0 Å². The molecule has 0 bridgehead atoms. The van der Waals surface area contributed by atoms with Crippen LogP contribution in [0, 0.1) is 0 Å². The van der Waals surface area contributed by atoms with Crippen molar-refractivity contribution in [2.24, 2.45) is 5.73 Å². The summed E-state index contributed by atoms with van der Waals surface area (Å²) >= 11 is 0. The standard InChI is InChI=1S/C6H11NO6/c7-5(11)4-2(9)1(8)3(10)6(12)13-4/h1-4,6,8-10,12H,(H2,7,11). The van der Waals surface area contributed by atoms with E-state index in [1.807, 2.05) is 0 Å². The summed E-state index contributed by atoms with van der Waals surface area (Å²) in [4.78, 5) is 10.6. The Morgan fingerprint density at radius 3 is 2.08 bits per heavy atom. The lowest BCUT2D eigenvalue weighted by Crippen LogP contribution is -2.60. The van der Waals surface area contributed by atoms with Gasteiger partial charge in [-0.1, -0.05) is 0 Å². The van der Waals surface area contributed by atoms with Crippen LogP contribution in [0.2, 0.25) is 0 Å². The van der Waals surface area contributed by atoms with Crippen LogP contribution in [-0.2, 0) is 9.53 Å². The number of primary amides is 1. The first kappa shape index (κ1) is 10.4. The molecule has 1 saturated heterocycles. The lowest BCUT2D eigenvalue weighted by molar-refractivity contribution is -0.275. The molecule has 0 saturated carbocycles. The van der Waals surface area contributed by atoms with E-state index in [-0.39, 0.29) is 0 Å². The molecule has 0 aromatic heterocycles. The molecule has 1 rings (SSSR count). The molecule has 6 N–H and O–H groups in total. The Morgan fingerprint density at radius 2 is 1.62 bits per heavy atom. The Bertz CT molecular complexity index is 209. The van der Waals surface area contributed by atoms with Crippen molar-refractivity contribution < 1.29 is 30.0 Å². The molecule has 1 heterocycles. The predicted molar refractivity (Wildman–Crippen MR) is 38.1 cm³/mol. The average molecular weight is 193 g/mol. The van der Waals surface area contributed by atoms with Gasteiger partial charge in [-0.05, 0) is 0 Å². The molecular formula is C6H11NO6. The fourth-order valence-corrected chi connectivity index (χ4v) is 1.10. The largest absolute Gasteiger partial charge is 0.387 e. The Kier molecular flexibility index (Phi) is 2.84. The maximum atomic E-state index is 10.6. The molecular weight excluding hydrogens is 182 g/mol. The van der Waals surface area contributed by atoms with E-state index in [4.69, 9.17) is 26.2 Å². The van der Waals surface area contributed by atoms with Crippen LogP contribution in [0.3, 0.4) is 0 Å². The van der Waals surface area contributed by atoms with Crippen molar-refractivity contribution in [3.63, 3.8) is 0 Å². The molecule has 1 aliphatic heterocycles. The molecule has 5 unspecified atom stereocenters. The predicted octanol–water partition coefficient (Wildman–Crippen LogP) is -3.73. The molecule has 0 radical (unpaired) electrons. The topological polar surface area (TPSA) is 133 Å². The van der Waals surface area contributed by atoms with Crippen molar-refractivity contribution in [3.05, 3.63) is 0 Å². The molecule has 0 aromatic carbocycles. The fraction of sp³-hybridized carbons (Fsp3) is 0.833. The number of aliphatic hydroxyl groups is 4. The summed E-state index contributed by atoms with van der Waals surface area (Å²) in [5.41, 5.74) is 4.80. The number of hydrogen-bond acceptors (Lipinski definition) is 6. The van der Waals surface area contributed by atoms with Crippen molar-refractivity contribution in [1.82, 2.24) is 0 Å². The van der Waals surface area contributed by atoms with Gasteiger partial charge in [-0.15, -0.1) is 0 Å². The highest BCUT2D eigenvalue weighted by molar-refractivity contribution is 5.79. The quantitative estimate of drug-likeness (QED) is 0.291. The highest BCUT2D eigenvalue weighted by Gasteiger charge is 2.45. The maximum absolute atomic E-state index is 10.6. The molecule has 7 heteroatoms. The third-order valence-electron chi connectivity index (χ3n) is 1.87. The zero-order valence-electron chi connectivity index (χ0n) is 6.57. The van der Waals surface area contributed by atoms with Crippen molar-refractivity contribution >= 4 is 5.91 Å². The average Bonchev–Trinajstić information content (AvgIpc) is 2.07. The van der Waals surface area contributed by atoms with Crippen LogP contribution in [0.15, 0.2) is 0 Å². The summed E-state index contributed by atoms with van der Waals surface area (Å²) < 4.78 is 4.46. The minimum absolute atomic E-state index is 1.02. The van der Waals surface area contributed by atoms with Gasteiger partial charge in [0.15, 0.2) is 12.4 Å². The molecule has 0 spiro atoms. The number of aliphatic hydroxyl groups excluding tert-OH is 4. The minimum atomic E-state index is -1.73. The van der Waals surface area contributed by atoms with Crippen LogP contribution in [0.5, 0.6) is 0 Å². The molecule has 1 amide bonds. The zero-order chi connectivity index (χ0) is 10.2. The van der Waals surface area contributed by atoms with Crippen LogP contribution in [0.1, 0.15) is 0 Å². The number of amides is 1. The van der Waals surface area contributed by atoms with Gasteiger partial charge in [0, 0.05) is 0 Å². The first-order valence-corrected chi connectivity index (χ1v) is 3.62. The minimum Gasteiger partial charge on any atom is -0.387 e. The summed E-state index contributed by atoms with van der Waals surface area (Å²) in [6.45, 7) is 0. The fourth-order valence-electron chi connectivity index (χ4n) is 1.10. The van der Waals surface area contributed by atoms with E-state index in [0.29, 0.717) is 0 Å². The first-order chi connectivity index (χ1) is 5.95. The molecule has 1 fully saturated rings. The van der Waals surface area contributed by atoms with Gasteiger partial charge in [0.2, 0.25) is 5.91 Å². The van der Waals surface area contributed by atoms with Crippen LogP contribution in [0.4, 0.5) is 0 Å². The molecule has 1 aliphatic rings. The first-order valence-electron chi connectivity index (χ1n) is 3.62. The number of ether oxygens (including phenoxy) is 1. The highest BCUT2D eigenvalue weighted by atomic mass is 16.6. The molecule has 0 aliphatic carbocycles. The van der Waals surface area contributed by atoms with Crippen molar-refractivity contribution in [1.29, 1.82) is 0 Å². The van der Waals surface area contributed by atoms with Gasteiger partial charge in [-0.3, -0.25) is 4.79 Å². The van der Waals surface area contributed by atoms with Gasteiger partial charge in [-0.2, -0.15) is 0 Å². The van der Waals surface area contributed by atoms with Crippen LogP contribution in [0.25, 0.3) is 0 Å². The number of rotatable bonds is 1. The van der Waals surface area contributed by atoms with Gasteiger partial charge in [0.25, 0.3) is 0 Å². The van der Waals surface area contributed by atoms with E-state index in [9.17, 15) is 4.79 Å². The Labute approximate surface area is 73.4 Å². The lowest BCUT2D eigenvalue weighted by atomic mass is 9.99. The van der Waals surface area contributed by atoms with Gasteiger partial charge >= 0.3 is 0 Å². The molecule has 7 nitrogen and oxygen atoms in total. The van der Waals surface area contributed by atoms with E-state index < -0.39 is 36.6 Å². The second-order valence-corrected chi connectivity index (χ2v) is 2.82. The van der Waals surface area contributed by atoms with Gasteiger partial charge in [0.1, 0.15) is 18.3 Å². The summed E-state index contributed by atoms with van der Waals surface area (Å²) in [6.07, 6.45) is -8.16. The summed E-state index contributed by atoms with van der Waals surface area (Å²) in [7, 11) is 0. The van der Waals surface area contributed by atoms with Crippen molar-refractivity contribution in [2.75, 3.05) is 0 Å². The maximum Gasteiger partial charge on any atom is 0.249 e. The molecule has 13 heavy (non-hydrogen) atoms. The third kappa shape index (κ3) is 1.79. The Balaban J connectivity index is 2.76. The highest BCUT2D eigenvalue weighted by Crippen LogP contribution is 2.19. The summed E-state index contributed by atoms with van der Waals surface area (Å²) in [5.74, 6) is -1.02. The van der Waals surface area contributed by atoms with Gasteiger partial charge in [0.05, 0.1) is 0 Å². The van der Waals surface area contributed by atoms with E-state index in [1.54, 1.807) is 0 Å². The van der Waals surface area contributed by atoms with E-state index in [2.05, 4.69) is 4.74 Å². The number of hydrogen-bond donors (Lipinski definition) is 5. The van der Waals surface area contributed by atoms with E-state index >= 15 is 0 Å². The van der Waals surface area contributed by atoms with Crippen molar-refractivity contribution in [3.8, 4) is 0 Å². The Hall–Kier alpha value is -0.730. The molecule has 76 valence electrons.